The molecule has 0 saturated carbocycles. The lowest BCUT2D eigenvalue weighted by Crippen LogP contribution is -2.39. The molecule has 1 saturated heterocycles. The molecule has 0 spiro atoms. The zero-order chi connectivity index (χ0) is 19.9. The molecule has 1 fully saturated rings. The van der Waals surface area contributed by atoms with Crippen LogP contribution >= 0.6 is 0 Å². The lowest BCUT2D eigenvalue weighted by molar-refractivity contribution is -0.136. The first-order valence-electron chi connectivity index (χ1n) is 9.99. The maximum Gasteiger partial charge on any atom is 0.113 e. The molecule has 3 aromatic rings. The summed E-state index contributed by atoms with van der Waals surface area (Å²) in [5.41, 5.74) is 4.73. The van der Waals surface area contributed by atoms with E-state index in [1.807, 2.05) is 12.1 Å². The molecule has 28 heavy (non-hydrogen) atoms. The van der Waals surface area contributed by atoms with Crippen LogP contribution in [0.1, 0.15) is 50.0 Å². The Morgan fingerprint density at radius 2 is 1.75 bits per heavy atom. The fourth-order valence-electron chi connectivity index (χ4n) is 4.00. The molecule has 4 heteroatoms. The highest BCUT2D eigenvalue weighted by Crippen LogP contribution is 2.35. The fraction of sp³-hybridized carbons (Fsp3) is 0.417. The molecule has 2 aromatic carbocycles. The quantitative estimate of drug-likeness (QED) is 0.718. The molecular formula is C24H29NO3. The number of aliphatic hydroxyl groups is 2. The van der Waals surface area contributed by atoms with E-state index in [1.165, 1.54) is 11.1 Å². The van der Waals surface area contributed by atoms with E-state index in [9.17, 15) is 10.2 Å². The molecule has 2 heterocycles. The molecule has 148 valence electrons. The van der Waals surface area contributed by atoms with Crippen LogP contribution in [-0.2, 0) is 16.7 Å². The minimum atomic E-state index is -0.904. The van der Waals surface area contributed by atoms with E-state index in [0.717, 1.165) is 23.0 Å². The molecule has 1 aromatic heterocycles. The Bertz CT molecular complexity index is 952. The lowest BCUT2D eigenvalue weighted by Gasteiger charge is -2.31. The number of rotatable bonds is 3. The van der Waals surface area contributed by atoms with Gasteiger partial charge in [0.1, 0.15) is 12.2 Å². The maximum atomic E-state index is 10.5. The smallest absolute Gasteiger partial charge is 0.113 e. The minimum Gasteiger partial charge on any atom is -0.390 e. The van der Waals surface area contributed by atoms with Crippen LogP contribution in [-0.4, -0.2) is 33.6 Å². The van der Waals surface area contributed by atoms with Crippen LogP contribution in [0.4, 0.5) is 0 Å². The molecular weight excluding hydrogens is 350 g/mol. The van der Waals surface area contributed by atoms with Gasteiger partial charge in [-0.2, -0.15) is 0 Å². The number of aliphatic hydroxyl groups excluding tert-OH is 2. The largest absolute Gasteiger partial charge is 0.390 e. The third-order valence-electron chi connectivity index (χ3n) is 5.71. The van der Waals surface area contributed by atoms with Gasteiger partial charge in [-0.15, -0.1) is 0 Å². The average molecular weight is 380 g/mol. The fourth-order valence-corrected chi connectivity index (χ4v) is 4.00. The van der Waals surface area contributed by atoms with Crippen molar-refractivity contribution in [3.05, 3.63) is 71.4 Å². The Kier molecular flexibility index (Phi) is 5.04. The second-order valence-electron chi connectivity index (χ2n) is 8.81. The molecule has 0 bridgehead atoms. The van der Waals surface area contributed by atoms with Crippen molar-refractivity contribution in [2.75, 3.05) is 6.61 Å². The van der Waals surface area contributed by atoms with Crippen LogP contribution in [0.5, 0.6) is 0 Å². The number of para-hydroxylation sites is 1. The first kappa shape index (κ1) is 19.2. The summed E-state index contributed by atoms with van der Waals surface area (Å²) in [7, 11) is 0. The van der Waals surface area contributed by atoms with Crippen molar-refractivity contribution in [3.8, 4) is 0 Å². The van der Waals surface area contributed by atoms with Gasteiger partial charge >= 0.3 is 0 Å². The number of benzene rings is 2. The molecule has 4 nitrogen and oxygen atoms in total. The average Bonchev–Trinajstić information content (AvgIpc) is 3.02. The molecule has 1 aliphatic rings. The Balaban J connectivity index is 1.68. The minimum absolute atomic E-state index is 0.140. The van der Waals surface area contributed by atoms with Crippen molar-refractivity contribution >= 4 is 10.9 Å². The van der Waals surface area contributed by atoms with E-state index in [4.69, 9.17) is 4.74 Å². The molecule has 3 atom stereocenters. The molecule has 2 N–H and O–H groups in total. The molecule has 0 aliphatic carbocycles. The summed E-state index contributed by atoms with van der Waals surface area (Å²) in [4.78, 5) is 0. The molecule has 0 unspecified atom stereocenters. The first-order chi connectivity index (χ1) is 13.3. The van der Waals surface area contributed by atoms with Crippen LogP contribution in [0.3, 0.4) is 0 Å². The van der Waals surface area contributed by atoms with Gasteiger partial charge in [0.05, 0.1) is 12.7 Å². The SMILES string of the molecule is CC(C)(C)c1ccc(Cn2cc([C@@H]3OCC[C@H](O)[C@H]3O)c3ccccc32)cc1. The second kappa shape index (κ2) is 7.36. The highest BCUT2D eigenvalue weighted by Gasteiger charge is 2.34. The Hall–Kier alpha value is -2.14. The Morgan fingerprint density at radius 3 is 2.46 bits per heavy atom. The third-order valence-corrected chi connectivity index (χ3v) is 5.71. The van der Waals surface area contributed by atoms with Crippen LogP contribution in [0.2, 0.25) is 0 Å². The summed E-state index contributed by atoms with van der Waals surface area (Å²) in [6.45, 7) is 7.86. The van der Waals surface area contributed by atoms with Crippen molar-refractivity contribution < 1.29 is 14.9 Å². The summed E-state index contributed by atoms with van der Waals surface area (Å²) < 4.78 is 8.05. The number of aromatic nitrogens is 1. The summed E-state index contributed by atoms with van der Waals surface area (Å²) in [6.07, 6.45) is 0.382. The van der Waals surface area contributed by atoms with Crippen molar-refractivity contribution in [2.45, 2.75) is 57.5 Å². The third kappa shape index (κ3) is 3.60. The van der Waals surface area contributed by atoms with Gasteiger partial charge in [-0.25, -0.2) is 0 Å². The maximum absolute atomic E-state index is 10.5. The lowest BCUT2D eigenvalue weighted by atomic mass is 9.87. The number of hydrogen-bond acceptors (Lipinski definition) is 3. The van der Waals surface area contributed by atoms with E-state index in [-0.39, 0.29) is 5.41 Å². The van der Waals surface area contributed by atoms with E-state index in [1.54, 1.807) is 0 Å². The molecule has 4 rings (SSSR count). The predicted molar refractivity (Wildman–Crippen MR) is 112 cm³/mol. The van der Waals surface area contributed by atoms with Crippen molar-refractivity contribution in [1.29, 1.82) is 0 Å². The van der Waals surface area contributed by atoms with Gasteiger partial charge in [0.2, 0.25) is 0 Å². The van der Waals surface area contributed by atoms with Crippen LogP contribution in [0.15, 0.2) is 54.7 Å². The van der Waals surface area contributed by atoms with Gasteiger partial charge in [0.25, 0.3) is 0 Å². The molecule has 0 amide bonds. The van der Waals surface area contributed by atoms with Gasteiger partial charge in [0, 0.05) is 29.2 Å². The van der Waals surface area contributed by atoms with Gasteiger partial charge < -0.3 is 19.5 Å². The van der Waals surface area contributed by atoms with Crippen LogP contribution in [0.25, 0.3) is 10.9 Å². The topological polar surface area (TPSA) is 54.6 Å². The van der Waals surface area contributed by atoms with Gasteiger partial charge in [-0.1, -0.05) is 63.2 Å². The van der Waals surface area contributed by atoms with Gasteiger partial charge in [-0.05, 0) is 29.0 Å². The highest BCUT2D eigenvalue weighted by molar-refractivity contribution is 5.84. The molecule has 0 radical (unpaired) electrons. The summed E-state index contributed by atoms with van der Waals surface area (Å²) in [6, 6.07) is 16.9. The van der Waals surface area contributed by atoms with Crippen molar-refractivity contribution in [3.63, 3.8) is 0 Å². The van der Waals surface area contributed by atoms with Gasteiger partial charge in [-0.3, -0.25) is 0 Å². The van der Waals surface area contributed by atoms with E-state index < -0.39 is 18.3 Å². The summed E-state index contributed by atoms with van der Waals surface area (Å²) in [5, 5.41) is 21.6. The monoisotopic (exact) mass is 379 g/mol. The predicted octanol–water partition coefficient (Wildman–Crippen LogP) is 4.17. The number of hydrogen-bond donors (Lipinski definition) is 2. The molecule has 1 aliphatic heterocycles. The van der Waals surface area contributed by atoms with E-state index in [0.29, 0.717) is 13.0 Å². The summed E-state index contributed by atoms with van der Waals surface area (Å²) >= 11 is 0. The number of fused-ring (bicyclic) bond motifs is 1. The van der Waals surface area contributed by atoms with Gasteiger partial charge in [0.15, 0.2) is 0 Å². The summed E-state index contributed by atoms with van der Waals surface area (Å²) in [5.74, 6) is 0. The standard InChI is InChI=1S/C24H29NO3/c1-24(2,3)17-10-8-16(9-11-17)14-25-15-19(18-6-4-5-7-20(18)25)23-22(27)21(26)12-13-28-23/h4-11,15,21-23,26-27H,12-14H2,1-3H3/t21-,22+,23-/m0/s1. The van der Waals surface area contributed by atoms with Crippen LogP contribution in [0, 0.1) is 0 Å². The number of nitrogens with zero attached hydrogens (tertiary/aromatic N) is 1. The normalized spacial score (nSPS) is 23.2. The van der Waals surface area contributed by atoms with Crippen LogP contribution < -0.4 is 0 Å². The Morgan fingerprint density at radius 1 is 1.04 bits per heavy atom. The zero-order valence-electron chi connectivity index (χ0n) is 16.8. The van der Waals surface area contributed by atoms with E-state index in [2.05, 4.69) is 67.9 Å². The van der Waals surface area contributed by atoms with E-state index >= 15 is 0 Å². The first-order valence-corrected chi connectivity index (χ1v) is 9.99. The second-order valence-corrected chi connectivity index (χ2v) is 8.81. The van der Waals surface area contributed by atoms with Crippen molar-refractivity contribution in [1.82, 2.24) is 4.57 Å². The number of ether oxygens (including phenoxy) is 1. The highest BCUT2D eigenvalue weighted by atomic mass is 16.5. The zero-order valence-corrected chi connectivity index (χ0v) is 16.8. The Labute approximate surface area is 166 Å². The van der Waals surface area contributed by atoms with Crippen molar-refractivity contribution in [2.24, 2.45) is 0 Å².